The van der Waals surface area contributed by atoms with Gasteiger partial charge in [0.05, 0.1) is 0 Å². The summed E-state index contributed by atoms with van der Waals surface area (Å²) < 4.78 is 11.4. The van der Waals surface area contributed by atoms with Gasteiger partial charge in [-0.25, -0.2) is 0 Å². The van der Waals surface area contributed by atoms with Gasteiger partial charge in [0.15, 0.2) is 0 Å². The summed E-state index contributed by atoms with van der Waals surface area (Å²) in [5, 5.41) is 3.55. The molecule has 1 unspecified atom stereocenters. The van der Waals surface area contributed by atoms with Crippen molar-refractivity contribution in [2.24, 2.45) is 0 Å². The molecular weight excluding hydrogens is 292 g/mol. The number of amides is 1. The maximum Gasteiger partial charge on any atom is 0.244 e. The lowest BCUT2D eigenvalue weighted by Crippen LogP contribution is -2.50. The van der Waals surface area contributed by atoms with Gasteiger partial charge >= 0.3 is 0 Å². The minimum atomic E-state index is -0.474. The SMILES string of the molecule is CN1C(=O)C2(CCOCC2)NC1c1cccc(OC(C)(C)C)c1. The first-order valence-electron chi connectivity index (χ1n) is 8.22. The largest absolute Gasteiger partial charge is 0.488 e. The van der Waals surface area contributed by atoms with Gasteiger partial charge in [-0.3, -0.25) is 10.1 Å². The highest BCUT2D eigenvalue weighted by atomic mass is 16.5. The molecule has 1 atom stereocenters. The molecule has 3 rings (SSSR count). The molecule has 0 bridgehead atoms. The molecule has 1 N–H and O–H groups in total. The van der Waals surface area contributed by atoms with Crippen LogP contribution < -0.4 is 10.1 Å². The zero-order chi connectivity index (χ0) is 16.7. The normalized spacial score (nSPS) is 24.3. The third kappa shape index (κ3) is 3.21. The van der Waals surface area contributed by atoms with Gasteiger partial charge in [0.1, 0.15) is 23.1 Å². The van der Waals surface area contributed by atoms with Crippen molar-refractivity contribution in [2.45, 2.75) is 50.9 Å². The van der Waals surface area contributed by atoms with Crippen molar-refractivity contribution in [1.29, 1.82) is 0 Å². The van der Waals surface area contributed by atoms with Gasteiger partial charge in [-0.05, 0) is 51.3 Å². The highest BCUT2D eigenvalue weighted by Gasteiger charge is 2.50. The molecule has 1 aromatic rings. The number of ether oxygens (including phenoxy) is 2. The van der Waals surface area contributed by atoms with E-state index in [-0.39, 0.29) is 17.7 Å². The fraction of sp³-hybridized carbons (Fsp3) is 0.611. The summed E-state index contributed by atoms with van der Waals surface area (Å²) in [4.78, 5) is 14.6. The molecule has 0 aliphatic carbocycles. The van der Waals surface area contributed by atoms with Crippen LogP contribution in [0, 0.1) is 0 Å². The number of likely N-dealkylation sites (N-methyl/N-ethyl adjacent to an activating group) is 1. The van der Waals surface area contributed by atoms with Crippen molar-refractivity contribution in [1.82, 2.24) is 10.2 Å². The molecule has 2 heterocycles. The summed E-state index contributed by atoms with van der Waals surface area (Å²) in [6.07, 6.45) is 1.33. The first-order chi connectivity index (χ1) is 10.8. The van der Waals surface area contributed by atoms with E-state index < -0.39 is 5.54 Å². The van der Waals surface area contributed by atoms with Crippen LogP contribution in [0.1, 0.15) is 45.3 Å². The van der Waals surface area contributed by atoms with E-state index in [4.69, 9.17) is 9.47 Å². The Bertz CT molecular complexity index is 588. The van der Waals surface area contributed by atoms with Crippen LogP contribution in [-0.2, 0) is 9.53 Å². The first-order valence-corrected chi connectivity index (χ1v) is 8.22. The maximum atomic E-state index is 12.8. The van der Waals surface area contributed by atoms with E-state index >= 15 is 0 Å². The number of carbonyl (C=O) groups is 1. The number of nitrogens with zero attached hydrogens (tertiary/aromatic N) is 1. The highest BCUT2D eigenvalue weighted by Crippen LogP contribution is 2.36. The van der Waals surface area contributed by atoms with Gasteiger partial charge in [0, 0.05) is 20.3 Å². The van der Waals surface area contributed by atoms with E-state index in [0.717, 1.165) is 24.2 Å². The second-order valence-electron chi connectivity index (χ2n) is 7.44. The van der Waals surface area contributed by atoms with Crippen molar-refractivity contribution in [2.75, 3.05) is 20.3 Å². The Kier molecular flexibility index (Phi) is 4.10. The molecule has 5 heteroatoms. The fourth-order valence-corrected chi connectivity index (χ4v) is 3.36. The summed E-state index contributed by atoms with van der Waals surface area (Å²) in [7, 11) is 1.86. The van der Waals surface area contributed by atoms with Crippen molar-refractivity contribution in [3.05, 3.63) is 29.8 Å². The average Bonchev–Trinajstić information content (AvgIpc) is 2.72. The summed E-state index contributed by atoms with van der Waals surface area (Å²) in [5.74, 6) is 0.985. The van der Waals surface area contributed by atoms with Crippen LogP contribution in [0.4, 0.5) is 0 Å². The summed E-state index contributed by atoms with van der Waals surface area (Å²) in [6, 6.07) is 7.99. The molecule has 1 aromatic carbocycles. The third-order valence-corrected chi connectivity index (χ3v) is 4.47. The van der Waals surface area contributed by atoms with E-state index in [1.54, 1.807) is 0 Å². The lowest BCUT2D eigenvalue weighted by molar-refractivity contribution is -0.134. The number of carbonyl (C=O) groups excluding carboxylic acids is 1. The Balaban J connectivity index is 1.84. The van der Waals surface area contributed by atoms with Crippen molar-refractivity contribution >= 4 is 5.91 Å². The Morgan fingerprint density at radius 1 is 1.30 bits per heavy atom. The van der Waals surface area contributed by atoms with Crippen molar-refractivity contribution < 1.29 is 14.3 Å². The highest BCUT2D eigenvalue weighted by molar-refractivity contribution is 5.89. The van der Waals surface area contributed by atoms with Crippen LogP contribution in [0.15, 0.2) is 24.3 Å². The van der Waals surface area contributed by atoms with E-state index in [0.29, 0.717) is 13.2 Å². The van der Waals surface area contributed by atoms with Gasteiger partial charge in [0.25, 0.3) is 0 Å². The number of nitrogens with one attached hydrogen (secondary N) is 1. The predicted octanol–water partition coefficient (Wildman–Crippen LogP) is 2.47. The molecule has 23 heavy (non-hydrogen) atoms. The van der Waals surface area contributed by atoms with E-state index in [9.17, 15) is 4.79 Å². The number of rotatable bonds is 2. The predicted molar refractivity (Wildman–Crippen MR) is 88.3 cm³/mol. The topological polar surface area (TPSA) is 50.8 Å². The Hall–Kier alpha value is -1.59. The number of benzene rings is 1. The second-order valence-corrected chi connectivity index (χ2v) is 7.44. The van der Waals surface area contributed by atoms with Gasteiger partial charge in [0.2, 0.25) is 5.91 Å². The van der Waals surface area contributed by atoms with E-state index in [2.05, 4.69) is 5.32 Å². The lowest BCUT2D eigenvalue weighted by Gasteiger charge is -2.31. The first kappa shape index (κ1) is 16.3. The average molecular weight is 318 g/mol. The summed E-state index contributed by atoms with van der Waals surface area (Å²) in [6.45, 7) is 7.35. The molecule has 126 valence electrons. The monoisotopic (exact) mass is 318 g/mol. The third-order valence-electron chi connectivity index (χ3n) is 4.47. The zero-order valence-corrected chi connectivity index (χ0v) is 14.4. The van der Waals surface area contributed by atoms with Gasteiger partial charge in [-0.2, -0.15) is 0 Å². The smallest absolute Gasteiger partial charge is 0.244 e. The van der Waals surface area contributed by atoms with Crippen molar-refractivity contribution in [3.63, 3.8) is 0 Å². The van der Waals surface area contributed by atoms with E-state index in [1.165, 1.54) is 0 Å². The molecule has 2 aliphatic heterocycles. The quantitative estimate of drug-likeness (QED) is 0.910. The molecule has 2 aliphatic rings. The maximum absolute atomic E-state index is 12.8. The summed E-state index contributed by atoms with van der Waals surface area (Å²) in [5.41, 5.74) is 0.329. The Labute approximate surface area is 137 Å². The number of hydrogen-bond donors (Lipinski definition) is 1. The number of hydrogen-bond acceptors (Lipinski definition) is 4. The van der Waals surface area contributed by atoms with Crippen LogP contribution in [0.3, 0.4) is 0 Å². The van der Waals surface area contributed by atoms with Gasteiger partial charge in [-0.1, -0.05) is 12.1 Å². The summed E-state index contributed by atoms with van der Waals surface area (Å²) >= 11 is 0. The molecule has 1 spiro atoms. The van der Waals surface area contributed by atoms with Gasteiger partial charge < -0.3 is 14.4 Å². The Morgan fingerprint density at radius 3 is 2.65 bits per heavy atom. The molecule has 2 saturated heterocycles. The van der Waals surface area contributed by atoms with Crippen LogP contribution in [0.2, 0.25) is 0 Å². The zero-order valence-electron chi connectivity index (χ0n) is 14.4. The minimum Gasteiger partial charge on any atom is -0.488 e. The molecule has 1 amide bonds. The van der Waals surface area contributed by atoms with Crippen LogP contribution in [0.5, 0.6) is 5.75 Å². The standard InChI is InChI=1S/C18H26N2O3/c1-17(2,3)23-14-7-5-6-13(12-14)15-19-18(16(21)20(15)4)8-10-22-11-9-18/h5-7,12,15,19H,8-11H2,1-4H3. The minimum absolute atomic E-state index is 0.121. The molecule has 0 radical (unpaired) electrons. The molecule has 0 aromatic heterocycles. The molecular formula is C18H26N2O3. The van der Waals surface area contributed by atoms with Crippen LogP contribution in [0.25, 0.3) is 0 Å². The van der Waals surface area contributed by atoms with Crippen molar-refractivity contribution in [3.8, 4) is 5.75 Å². The van der Waals surface area contributed by atoms with Crippen LogP contribution in [-0.4, -0.2) is 42.2 Å². The van der Waals surface area contributed by atoms with E-state index in [1.807, 2.05) is 57.0 Å². The molecule has 2 fully saturated rings. The molecule has 5 nitrogen and oxygen atoms in total. The fourth-order valence-electron chi connectivity index (χ4n) is 3.36. The second kappa shape index (κ2) is 5.80. The van der Waals surface area contributed by atoms with Gasteiger partial charge in [-0.15, -0.1) is 0 Å². The lowest BCUT2D eigenvalue weighted by atomic mass is 9.90. The van der Waals surface area contributed by atoms with Crippen LogP contribution >= 0.6 is 0 Å². The molecule has 0 saturated carbocycles. The Morgan fingerprint density at radius 2 is 2.00 bits per heavy atom.